The third-order valence-electron chi connectivity index (χ3n) is 1.41. The molecular formula is C6H5N3O2. The molecule has 56 valence electrons. The molecular weight excluding hydrogens is 146 g/mol. The Morgan fingerprint density at radius 2 is 2.45 bits per heavy atom. The van der Waals surface area contributed by atoms with Gasteiger partial charge in [-0.05, 0) is 0 Å². The van der Waals surface area contributed by atoms with Gasteiger partial charge in [-0.15, -0.1) is 4.73 Å². The maximum atomic E-state index is 9.15. The molecule has 0 aliphatic heterocycles. The molecule has 0 atom stereocenters. The number of nitrogens with zero attached hydrogens (tertiary/aromatic N) is 2. The van der Waals surface area contributed by atoms with Crippen molar-refractivity contribution < 1.29 is 9.62 Å². The Hall–Kier alpha value is -1.78. The topological polar surface area (TPSA) is 75.0 Å². The Bertz CT molecular complexity index is 442. The molecule has 0 aromatic carbocycles. The summed E-state index contributed by atoms with van der Waals surface area (Å²) in [6.07, 6.45) is 2.82. The molecule has 0 saturated heterocycles. The zero-order valence-corrected chi connectivity index (χ0v) is 5.48. The molecule has 0 amide bonds. The maximum Gasteiger partial charge on any atom is 0.256 e. The summed E-state index contributed by atoms with van der Waals surface area (Å²) in [6, 6.07) is 1.56. The Morgan fingerprint density at radius 3 is 3.27 bits per heavy atom. The first-order chi connectivity index (χ1) is 5.29. The summed E-state index contributed by atoms with van der Waals surface area (Å²) < 4.78 is 5.59. The molecule has 2 aromatic heterocycles. The third-order valence-corrected chi connectivity index (χ3v) is 1.41. The molecule has 0 radical (unpaired) electrons. The number of fused-ring (bicyclic) bond motifs is 1. The number of furan rings is 1. The second-order valence-electron chi connectivity index (χ2n) is 2.06. The summed E-state index contributed by atoms with van der Waals surface area (Å²) >= 11 is 0. The van der Waals surface area contributed by atoms with E-state index in [9.17, 15) is 0 Å². The van der Waals surface area contributed by atoms with E-state index in [4.69, 9.17) is 15.0 Å². The minimum absolute atomic E-state index is 0.209. The molecule has 2 aromatic rings. The lowest BCUT2D eigenvalue weighted by Crippen LogP contribution is -2.19. The highest BCUT2D eigenvalue weighted by Gasteiger charge is 2.00. The highest BCUT2D eigenvalue weighted by atomic mass is 16.5. The van der Waals surface area contributed by atoms with Crippen LogP contribution in [0.3, 0.4) is 0 Å². The van der Waals surface area contributed by atoms with Gasteiger partial charge in [-0.3, -0.25) is 5.41 Å². The average molecular weight is 151 g/mol. The fraction of sp³-hybridized carbons (Fsp3) is 0. The molecule has 2 rings (SSSR count). The highest BCUT2D eigenvalue weighted by molar-refractivity contribution is 5.70. The van der Waals surface area contributed by atoms with Crippen molar-refractivity contribution in [1.29, 1.82) is 5.41 Å². The van der Waals surface area contributed by atoms with E-state index in [1.165, 1.54) is 12.5 Å². The fourth-order valence-electron chi connectivity index (χ4n) is 0.874. The van der Waals surface area contributed by atoms with Gasteiger partial charge in [0.2, 0.25) is 0 Å². The van der Waals surface area contributed by atoms with E-state index in [1.807, 2.05) is 0 Å². The summed E-state index contributed by atoms with van der Waals surface area (Å²) in [5.41, 5.74) is 0.701. The van der Waals surface area contributed by atoms with Crippen LogP contribution in [0.2, 0.25) is 0 Å². The van der Waals surface area contributed by atoms with Gasteiger partial charge in [0.25, 0.3) is 5.62 Å². The molecule has 0 unspecified atom stereocenters. The number of rotatable bonds is 0. The summed E-state index contributed by atoms with van der Waals surface area (Å²) in [7, 11) is 0. The Morgan fingerprint density at radius 1 is 1.64 bits per heavy atom. The Balaban J connectivity index is 3.04. The van der Waals surface area contributed by atoms with E-state index in [2.05, 4.69) is 4.98 Å². The lowest BCUT2D eigenvalue weighted by molar-refractivity contribution is 0.178. The average Bonchev–Trinajstić information content (AvgIpc) is 2.45. The van der Waals surface area contributed by atoms with Crippen molar-refractivity contribution in [3.05, 3.63) is 24.1 Å². The molecule has 0 saturated carbocycles. The van der Waals surface area contributed by atoms with Crippen LogP contribution >= 0.6 is 0 Å². The van der Waals surface area contributed by atoms with E-state index in [1.54, 1.807) is 6.07 Å². The van der Waals surface area contributed by atoms with Gasteiger partial charge in [-0.1, -0.05) is 0 Å². The number of hydrogen-bond donors (Lipinski definition) is 2. The van der Waals surface area contributed by atoms with Crippen LogP contribution in [-0.2, 0) is 0 Å². The van der Waals surface area contributed by atoms with Crippen molar-refractivity contribution in [2.24, 2.45) is 0 Å². The standard InChI is InChI=1S/C6H5N3O2/c7-6-8-3-5-4(9(6)10)1-2-11-5/h1-3,7,10H. The lowest BCUT2D eigenvalue weighted by Gasteiger charge is -1.94. The minimum Gasteiger partial charge on any atom is -0.461 e. The van der Waals surface area contributed by atoms with Crippen LogP contribution in [0.1, 0.15) is 0 Å². The second-order valence-corrected chi connectivity index (χ2v) is 2.06. The van der Waals surface area contributed by atoms with Gasteiger partial charge in [0, 0.05) is 6.07 Å². The molecule has 0 spiro atoms. The Labute approximate surface area is 61.0 Å². The van der Waals surface area contributed by atoms with Gasteiger partial charge >= 0.3 is 0 Å². The van der Waals surface area contributed by atoms with Gasteiger partial charge in [-0.2, -0.15) is 0 Å². The van der Waals surface area contributed by atoms with E-state index >= 15 is 0 Å². The number of aromatic nitrogens is 2. The predicted octanol–water partition coefficient (Wildman–Crippen LogP) is 0.346. The minimum atomic E-state index is -0.209. The molecule has 11 heavy (non-hydrogen) atoms. The van der Waals surface area contributed by atoms with Gasteiger partial charge in [0.05, 0.1) is 12.5 Å². The van der Waals surface area contributed by atoms with Crippen LogP contribution in [0, 0.1) is 5.41 Å². The first kappa shape index (κ1) is 5.96. The molecule has 2 heterocycles. The lowest BCUT2D eigenvalue weighted by atomic mass is 10.5. The van der Waals surface area contributed by atoms with Crippen LogP contribution in [0.4, 0.5) is 0 Å². The van der Waals surface area contributed by atoms with Crippen molar-refractivity contribution in [1.82, 2.24) is 9.71 Å². The fourth-order valence-corrected chi connectivity index (χ4v) is 0.874. The molecule has 0 aliphatic rings. The smallest absolute Gasteiger partial charge is 0.256 e. The van der Waals surface area contributed by atoms with Crippen molar-refractivity contribution in [3.8, 4) is 0 Å². The van der Waals surface area contributed by atoms with Crippen molar-refractivity contribution in [3.63, 3.8) is 0 Å². The number of hydrogen-bond acceptors (Lipinski definition) is 4. The van der Waals surface area contributed by atoms with Crippen molar-refractivity contribution in [2.45, 2.75) is 0 Å². The molecule has 0 aliphatic carbocycles. The summed E-state index contributed by atoms with van der Waals surface area (Å²) in [5, 5.41) is 16.3. The quantitative estimate of drug-likeness (QED) is 0.533. The third kappa shape index (κ3) is 0.706. The van der Waals surface area contributed by atoms with Crippen molar-refractivity contribution >= 4 is 11.1 Å². The van der Waals surface area contributed by atoms with Gasteiger partial charge in [-0.25, -0.2) is 4.98 Å². The van der Waals surface area contributed by atoms with E-state index in [0.717, 1.165) is 0 Å². The van der Waals surface area contributed by atoms with E-state index in [0.29, 0.717) is 15.8 Å². The number of nitrogens with one attached hydrogen (secondary N) is 1. The maximum absolute atomic E-state index is 9.15. The summed E-state index contributed by atoms with van der Waals surface area (Å²) in [4.78, 5) is 3.56. The van der Waals surface area contributed by atoms with E-state index < -0.39 is 0 Å². The molecule has 2 N–H and O–H groups in total. The zero-order valence-electron chi connectivity index (χ0n) is 5.48. The summed E-state index contributed by atoms with van der Waals surface area (Å²) in [6.45, 7) is 0. The highest BCUT2D eigenvalue weighted by Crippen LogP contribution is 2.09. The molecule has 5 nitrogen and oxygen atoms in total. The largest absolute Gasteiger partial charge is 0.461 e. The summed E-state index contributed by atoms with van der Waals surface area (Å²) in [5.74, 6) is 0. The van der Waals surface area contributed by atoms with Gasteiger partial charge in [0.15, 0.2) is 5.58 Å². The predicted molar refractivity (Wildman–Crippen MR) is 35.0 cm³/mol. The van der Waals surface area contributed by atoms with Crippen LogP contribution in [0.5, 0.6) is 0 Å². The van der Waals surface area contributed by atoms with Crippen molar-refractivity contribution in [2.75, 3.05) is 0 Å². The van der Waals surface area contributed by atoms with Crippen LogP contribution in [0.15, 0.2) is 22.9 Å². The van der Waals surface area contributed by atoms with Gasteiger partial charge in [0.1, 0.15) is 5.52 Å². The Kier molecular flexibility index (Phi) is 1.00. The SMILES string of the molecule is N=c1ncc2occc2n1O. The normalized spacial score (nSPS) is 10.5. The molecule has 5 heteroatoms. The van der Waals surface area contributed by atoms with Crippen LogP contribution in [-0.4, -0.2) is 14.9 Å². The monoisotopic (exact) mass is 151 g/mol. The first-order valence-corrected chi connectivity index (χ1v) is 2.98. The van der Waals surface area contributed by atoms with Gasteiger partial charge < -0.3 is 9.62 Å². The van der Waals surface area contributed by atoms with Crippen LogP contribution in [0.25, 0.3) is 11.1 Å². The van der Waals surface area contributed by atoms with Crippen LogP contribution < -0.4 is 5.62 Å². The molecule has 0 bridgehead atoms. The molecule has 0 fully saturated rings. The van der Waals surface area contributed by atoms with E-state index in [-0.39, 0.29) is 5.62 Å². The first-order valence-electron chi connectivity index (χ1n) is 2.98. The second kappa shape index (κ2) is 1.85. The zero-order chi connectivity index (χ0) is 7.84.